The van der Waals surface area contributed by atoms with Gasteiger partial charge in [-0.05, 0) is 43.9 Å². The lowest BCUT2D eigenvalue weighted by atomic mass is 9.90. The Kier molecular flexibility index (Phi) is 4.87. The van der Waals surface area contributed by atoms with Crippen molar-refractivity contribution in [2.75, 3.05) is 7.05 Å². The predicted octanol–water partition coefficient (Wildman–Crippen LogP) is 3.44. The first kappa shape index (κ1) is 14.8. The van der Waals surface area contributed by atoms with Crippen molar-refractivity contribution in [2.24, 2.45) is 5.73 Å². The molecule has 1 aliphatic carbocycles. The van der Waals surface area contributed by atoms with Gasteiger partial charge in [-0.25, -0.2) is 0 Å². The number of carbonyl (C=O) groups is 1. The number of nitrogens with two attached hydrogens (primary N) is 1. The van der Waals surface area contributed by atoms with Crippen molar-refractivity contribution in [3.8, 4) is 0 Å². The van der Waals surface area contributed by atoms with E-state index < -0.39 is 0 Å². The second-order valence-electron chi connectivity index (χ2n) is 5.14. The summed E-state index contributed by atoms with van der Waals surface area (Å²) in [4.78, 5) is 14.3. The van der Waals surface area contributed by atoms with E-state index in [9.17, 15) is 4.79 Å². The third kappa shape index (κ3) is 3.71. The van der Waals surface area contributed by atoms with Crippen molar-refractivity contribution in [1.82, 2.24) is 4.90 Å². The van der Waals surface area contributed by atoms with Crippen molar-refractivity contribution in [1.29, 1.82) is 0 Å². The number of hydrogen-bond donors (Lipinski definition) is 1. The standard InChI is InChI=1S/C14H18BrClN2O/c1-18(13-4-2-12(17)3-5-13)14(19)9-6-10(15)8-11(16)7-9/h6-8,12-13H,2-5,17H2,1H3. The van der Waals surface area contributed by atoms with Crippen molar-refractivity contribution in [2.45, 2.75) is 37.8 Å². The van der Waals surface area contributed by atoms with Gasteiger partial charge in [0.2, 0.25) is 0 Å². The first-order valence-electron chi connectivity index (χ1n) is 6.46. The molecule has 2 N–H and O–H groups in total. The summed E-state index contributed by atoms with van der Waals surface area (Å²) in [7, 11) is 1.86. The number of amides is 1. The predicted molar refractivity (Wildman–Crippen MR) is 81.5 cm³/mol. The molecule has 1 fully saturated rings. The second kappa shape index (κ2) is 6.25. The van der Waals surface area contributed by atoms with Crippen LogP contribution in [0.3, 0.4) is 0 Å². The van der Waals surface area contributed by atoms with Crippen LogP contribution in [0, 0.1) is 0 Å². The number of rotatable bonds is 2. The topological polar surface area (TPSA) is 46.3 Å². The molecule has 0 atom stereocenters. The molecule has 0 spiro atoms. The Labute approximate surface area is 127 Å². The molecular weight excluding hydrogens is 328 g/mol. The molecule has 0 aromatic heterocycles. The molecule has 104 valence electrons. The summed E-state index contributed by atoms with van der Waals surface area (Å²) in [5.74, 6) is 0.0173. The van der Waals surface area contributed by atoms with Gasteiger partial charge in [-0.3, -0.25) is 4.79 Å². The number of hydrogen-bond acceptors (Lipinski definition) is 2. The summed E-state index contributed by atoms with van der Waals surface area (Å²) in [6.07, 6.45) is 3.93. The molecule has 2 rings (SSSR count). The van der Waals surface area contributed by atoms with Gasteiger partial charge in [-0.15, -0.1) is 0 Å². The molecule has 3 nitrogen and oxygen atoms in total. The molecule has 1 amide bonds. The molecule has 0 saturated heterocycles. The van der Waals surface area contributed by atoms with Gasteiger partial charge in [-0.1, -0.05) is 27.5 Å². The largest absolute Gasteiger partial charge is 0.339 e. The van der Waals surface area contributed by atoms with Crippen LogP contribution in [0.15, 0.2) is 22.7 Å². The van der Waals surface area contributed by atoms with Crippen LogP contribution in [-0.4, -0.2) is 29.9 Å². The SMILES string of the molecule is CN(C(=O)c1cc(Cl)cc(Br)c1)C1CCC(N)CC1. The Hall–Kier alpha value is -0.580. The summed E-state index contributed by atoms with van der Waals surface area (Å²) in [5, 5.41) is 0.566. The van der Waals surface area contributed by atoms with Gasteiger partial charge in [0.05, 0.1) is 0 Å². The molecule has 0 bridgehead atoms. The summed E-state index contributed by atoms with van der Waals surface area (Å²) in [6, 6.07) is 5.86. The first-order chi connectivity index (χ1) is 8.97. The summed E-state index contributed by atoms with van der Waals surface area (Å²) in [6.45, 7) is 0. The Balaban J connectivity index is 2.10. The smallest absolute Gasteiger partial charge is 0.253 e. The quantitative estimate of drug-likeness (QED) is 0.892. The van der Waals surface area contributed by atoms with Gasteiger partial charge in [-0.2, -0.15) is 0 Å². The molecule has 19 heavy (non-hydrogen) atoms. The first-order valence-corrected chi connectivity index (χ1v) is 7.63. The van der Waals surface area contributed by atoms with Gasteiger partial charge in [0.25, 0.3) is 5.91 Å². The summed E-state index contributed by atoms with van der Waals surface area (Å²) in [5.41, 5.74) is 6.52. The third-order valence-electron chi connectivity index (χ3n) is 3.72. The molecule has 1 aromatic rings. The minimum Gasteiger partial charge on any atom is -0.339 e. The van der Waals surface area contributed by atoms with E-state index in [0.717, 1.165) is 30.2 Å². The van der Waals surface area contributed by atoms with Gasteiger partial charge in [0.15, 0.2) is 0 Å². The van der Waals surface area contributed by atoms with Crippen LogP contribution in [0.2, 0.25) is 5.02 Å². The molecule has 0 aliphatic heterocycles. The zero-order valence-electron chi connectivity index (χ0n) is 10.9. The molecule has 0 heterocycles. The fourth-order valence-electron chi connectivity index (χ4n) is 2.54. The molecule has 0 unspecified atom stereocenters. The molecular formula is C14H18BrClN2O. The highest BCUT2D eigenvalue weighted by Crippen LogP contribution is 2.25. The van der Waals surface area contributed by atoms with E-state index in [4.69, 9.17) is 17.3 Å². The Bertz CT molecular complexity index is 452. The summed E-state index contributed by atoms with van der Waals surface area (Å²) < 4.78 is 0.822. The van der Waals surface area contributed by atoms with E-state index in [2.05, 4.69) is 15.9 Å². The van der Waals surface area contributed by atoms with Crippen LogP contribution in [0.1, 0.15) is 36.0 Å². The Morgan fingerprint density at radius 2 is 1.95 bits per heavy atom. The van der Waals surface area contributed by atoms with E-state index in [1.165, 1.54) is 0 Å². The zero-order valence-corrected chi connectivity index (χ0v) is 13.2. The van der Waals surface area contributed by atoms with Gasteiger partial charge >= 0.3 is 0 Å². The minimum atomic E-state index is 0.0173. The number of halogens is 2. The van der Waals surface area contributed by atoms with Gasteiger partial charge in [0.1, 0.15) is 0 Å². The number of nitrogens with zero attached hydrogens (tertiary/aromatic N) is 1. The maximum Gasteiger partial charge on any atom is 0.253 e. The van der Waals surface area contributed by atoms with Crippen LogP contribution in [0.25, 0.3) is 0 Å². The average molecular weight is 346 g/mol. The van der Waals surface area contributed by atoms with Crippen LogP contribution < -0.4 is 5.73 Å². The van der Waals surface area contributed by atoms with E-state index >= 15 is 0 Å². The second-order valence-corrected chi connectivity index (χ2v) is 6.49. The van der Waals surface area contributed by atoms with E-state index in [1.807, 2.05) is 11.9 Å². The summed E-state index contributed by atoms with van der Waals surface area (Å²) >= 11 is 9.35. The zero-order chi connectivity index (χ0) is 14.0. The van der Waals surface area contributed by atoms with Crippen LogP contribution in [0.5, 0.6) is 0 Å². The number of carbonyl (C=O) groups excluding carboxylic acids is 1. The van der Waals surface area contributed by atoms with Crippen molar-refractivity contribution < 1.29 is 4.79 Å². The highest BCUT2D eigenvalue weighted by atomic mass is 79.9. The van der Waals surface area contributed by atoms with Crippen LogP contribution in [-0.2, 0) is 0 Å². The van der Waals surface area contributed by atoms with Crippen LogP contribution in [0.4, 0.5) is 0 Å². The average Bonchev–Trinajstić information content (AvgIpc) is 2.37. The van der Waals surface area contributed by atoms with Crippen molar-refractivity contribution in [3.05, 3.63) is 33.3 Å². The Morgan fingerprint density at radius 3 is 2.53 bits per heavy atom. The van der Waals surface area contributed by atoms with E-state index in [-0.39, 0.29) is 11.9 Å². The molecule has 1 saturated carbocycles. The van der Waals surface area contributed by atoms with E-state index in [1.54, 1.807) is 18.2 Å². The molecule has 1 aromatic carbocycles. The third-order valence-corrected chi connectivity index (χ3v) is 4.39. The maximum absolute atomic E-state index is 12.4. The monoisotopic (exact) mass is 344 g/mol. The molecule has 1 aliphatic rings. The highest BCUT2D eigenvalue weighted by Gasteiger charge is 2.25. The lowest BCUT2D eigenvalue weighted by Gasteiger charge is -2.33. The lowest BCUT2D eigenvalue weighted by molar-refractivity contribution is 0.0690. The van der Waals surface area contributed by atoms with Crippen molar-refractivity contribution >= 4 is 33.4 Å². The minimum absolute atomic E-state index is 0.0173. The molecule has 5 heteroatoms. The highest BCUT2D eigenvalue weighted by molar-refractivity contribution is 9.10. The normalized spacial score (nSPS) is 23.2. The van der Waals surface area contributed by atoms with Gasteiger partial charge in [0, 0.05) is 34.2 Å². The fourth-order valence-corrected chi connectivity index (χ4v) is 3.40. The Morgan fingerprint density at radius 1 is 1.32 bits per heavy atom. The van der Waals surface area contributed by atoms with E-state index in [0.29, 0.717) is 16.6 Å². The fraction of sp³-hybridized carbons (Fsp3) is 0.500. The number of benzene rings is 1. The van der Waals surface area contributed by atoms with Crippen molar-refractivity contribution in [3.63, 3.8) is 0 Å². The maximum atomic E-state index is 12.4. The lowest BCUT2D eigenvalue weighted by Crippen LogP contribution is -2.41. The molecule has 0 radical (unpaired) electrons. The van der Waals surface area contributed by atoms with Crippen LogP contribution >= 0.6 is 27.5 Å². The van der Waals surface area contributed by atoms with Gasteiger partial charge < -0.3 is 10.6 Å².